The number of anilines is 1. The first-order valence-corrected chi connectivity index (χ1v) is 7.96. The Bertz CT molecular complexity index is 903. The van der Waals surface area contributed by atoms with E-state index in [4.69, 9.17) is 4.74 Å². The standard InChI is InChI=1S/C20H20N2O2/c1-4-14-12-15(7-9-18(14)22-13(2)23)16-8-10-19(24-3)20-17(16)6-5-11-21-20/h5-12H,4H2,1-3H3,(H,22,23). The normalized spacial score (nSPS) is 10.6. The number of hydrogen-bond acceptors (Lipinski definition) is 3. The molecule has 3 aromatic rings. The quantitative estimate of drug-likeness (QED) is 0.773. The van der Waals surface area contributed by atoms with Crippen LogP contribution < -0.4 is 10.1 Å². The summed E-state index contributed by atoms with van der Waals surface area (Å²) < 4.78 is 5.42. The summed E-state index contributed by atoms with van der Waals surface area (Å²) in [4.78, 5) is 15.8. The summed E-state index contributed by atoms with van der Waals surface area (Å²) in [7, 11) is 1.65. The summed E-state index contributed by atoms with van der Waals surface area (Å²) in [6.07, 6.45) is 2.61. The molecule has 122 valence electrons. The zero-order chi connectivity index (χ0) is 17.1. The van der Waals surface area contributed by atoms with Crippen LogP contribution in [0, 0.1) is 0 Å². The van der Waals surface area contributed by atoms with Gasteiger partial charge in [0.15, 0.2) is 0 Å². The Morgan fingerprint density at radius 2 is 2.04 bits per heavy atom. The van der Waals surface area contributed by atoms with Crippen LogP contribution in [0.3, 0.4) is 0 Å². The number of nitrogens with one attached hydrogen (secondary N) is 1. The predicted molar refractivity (Wildman–Crippen MR) is 97.4 cm³/mol. The average molecular weight is 320 g/mol. The third kappa shape index (κ3) is 2.95. The Hall–Kier alpha value is -2.88. The van der Waals surface area contributed by atoms with Gasteiger partial charge in [-0.3, -0.25) is 9.78 Å². The molecular formula is C20H20N2O2. The Labute approximate surface area is 141 Å². The molecule has 1 heterocycles. The van der Waals surface area contributed by atoms with E-state index in [1.54, 1.807) is 13.3 Å². The number of benzene rings is 2. The van der Waals surface area contributed by atoms with Crippen LogP contribution in [-0.4, -0.2) is 18.0 Å². The lowest BCUT2D eigenvalue weighted by Gasteiger charge is -2.13. The molecule has 1 aromatic heterocycles. The van der Waals surface area contributed by atoms with Gasteiger partial charge in [0.1, 0.15) is 11.3 Å². The maximum Gasteiger partial charge on any atom is 0.221 e. The number of ether oxygens (including phenoxy) is 1. The third-order valence-electron chi connectivity index (χ3n) is 4.06. The number of aromatic nitrogens is 1. The smallest absolute Gasteiger partial charge is 0.221 e. The summed E-state index contributed by atoms with van der Waals surface area (Å²) in [6, 6.07) is 14.1. The van der Waals surface area contributed by atoms with Crippen molar-refractivity contribution < 1.29 is 9.53 Å². The number of carbonyl (C=O) groups excluding carboxylic acids is 1. The molecule has 2 aromatic carbocycles. The van der Waals surface area contributed by atoms with E-state index in [9.17, 15) is 4.79 Å². The Kier molecular flexibility index (Phi) is 4.47. The molecule has 4 heteroatoms. The van der Waals surface area contributed by atoms with Crippen molar-refractivity contribution in [3.05, 3.63) is 54.2 Å². The molecule has 0 radical (unpaired) electrons. The van der Waals surface area contributed by atoms with Crippen LogP contribution in [0.25, 0.3) is 22.0 Å². The molecule has 4 nitrogen and oxygen atoms in total. The zero-order valence-corrected chi connectivity index (χ0v) is 14.1. The van der Waals surface area contributed by atoms with Gasteiger partial charge in [-0.2, -0.15) is 0 Å². The first-order chi connectivity index (χ1) is 11.6. The van der Waals surface area contributed by atoms with Gasteiger partial charge in [0, 0.05) is 24.2 Å². The minimum absolute atomic E-state index is 0.0588. The largest absolute Gasteiger partial charge is 0.494 e. The summed E-state index contributed by atoms with van der Waals surface area (Å²) in [5.41, 5.74) is 5.02. The molecule has 0 unspecified atom stereocenters. The topological polar surface area (TPSA) is 51.2 Å². The molecular weight excluding hydrogens is 300 g/mol. The number of carbonyl (C=O) groups is 1. The molecule has 0 aliphatic heterocycles. The van der Waals surface area contributed by atoms with Crippen LogP contribution >= 0.6 is 0 Å². The van der Waals surface area contributed by atoms with Gasteiger partial charge in [-0.05, 0) is 53.4 Å². The molecule has 0 atom stereocenters. The van der Waals surface area contributed by atoms with Crippen LogP contribution in [0.15, 0.2) is 48.7 Å². The fourth-order valence-corrected chi connectivity index (χ4v) is 2.93. The van der Waals surface area contributed by atoms with E-state index >= 15 is 0 Å². The molecule has 1 amide bonds. The second kappa shape index (κ2) is 6.71. The van der Waals surface area contributed by atoms with Gasteiger partial charge in [-0.1, -0.05) is 19.1 Å². The molecule has 3 rings (SSSR count). The van der Waals surface area contributed by atoms with Crippen molar-refractivity contribution in [1.82, 2.24) is 4.98 Å². The van der Waals surface area contributed by atoms with E-state index in [0.29, 0.717) is 0 Å². The number of aryl methyl sites for hydroxylation is 1. The Morgan fingerprint density at radius 3 is 2.75 bits per heavy atom. The number of fused-ring (bicyclic) bond motifs is 1. The summed E-state index contributed by atoms with van der Waals surface area (Å²) in [6.45, 7) is 3.61. The Balaban J connectivity index is 2.16. The first kappa shape index (κ1) is 16.0. The summed E-state index contributed by atoms with van der Waals surface area (Å²) in [5.74, 6) is 0.705. The van der Waals surface area contributed by atoms with E-state index in [1.165, 1.54) is 6.92 Å². The Morgan fingerprint density at radius 1 is 1.21 bits per heavy atom. The highest BCUT2D eigenvalue weighted by Gasteiger charge is 2.11. The highest BCUT2D eigenvalue weighted by atomic mass is 16.5. The highest BCUT2D eigenvalue weighted by molar-refractivity contribution is 5.98. The van der Waals surface area contributed by atoms with Gasteiger partial charge < -0.3 is 10.1 Å². The van der Waals surface area contributed by atoms with Gasteiger partial charge in [-0.15, -0.1) is 0 Å². The fraction of sp³-hybridized carbons (Fsp3) is 0.200. The van der Waals surface area contributed by atoms with Crippen molar-refractivity contribution >= 4 is 22.5 Å². The van der Waals surface area contributed by atoms with E-state index < -0.39 is 0 Å². The van der Waals surface area contributed by atoms with Crippen molar-refractivity contribution in [2.24, 2.45) is 0 Å². The van der Waals surface area contributed by atoms with E-state index in [-0.39, 0.29) is 5.91 Å². The highest BCUT2D eigenvalue weighted by Crippen LogP contribution is 2.34. The van der Waals surface area contributed by atoms with Crippen molar-refractivity contribution in [3.8, 4) is 16.9 Å². The maximum atomic E-state index is 11.3. The molecule has 24 heavy (non-hydrogen) atoms. The predicted octanol–water partition coefficient (Wildman–Crippen LogP) is 4.43. The lowest BCUT2D eigenvalue weighted by atomic mass is 9.97. The number of hydrogen-bond donors (Lipinski definition) is 1. The third-order valence-corrected chi connectivity index (χ3v) is 4.06. The summed E-state index contributed by atoms with van der Waals surface area (Å²) >= 11 is 0. The monoisotopic (exact) mass is 320 g/mol. The molecule has 0 aliphatic rings. The SMILES string of the molecule is CCc1cc(-c2ccc(OC)c3ncccc23)ccc1NC(C)=O. The van der Waals surface area contributed by atoms with Crippen molar-refractivity contribution in [2.75, 3.05) is 12.4 Å². The van der Waals surface area contributed by atoms with Gasteiger partial charge in [0.25, 0.3) is 0 Å². The van der Waals surface area contributed by atoms with Gasteiger partial charge in [0.05, 0.1) is 7.11 Å². The number of pyridine rings is 1. The molecule has 0 saturated carbocycles. The number of rotatable bonds is 4. The molecule has 0 saturated heterocycles. The molecule has 0 spiro atoms. The van der Waals surface area contributed by atoms with E-state index in [2.05, 4.69) is 29.4 Å². The molecule has 0 aliphatic carbocycles. The zero-order valence-electron chi connectivity index (χ0n) is 14.1. The first-order valence-electron chi connectivity index (χ1n) is 7.96. The van der Waals surface area contributed by atoms with Gasteiger partial charge >= 0.3 is 0 Å². The van der Waals surface area contributed by atoms with E-state index in [0.717, 1.165) is 45.5 Å². The number of methoxy groups -OCH3 is 1. The van der Waals surface area contributed by atoms with Crippen LogP contribution in [0.5, 0.6) is 5.75 Å². The second-order valence-electron chi connectivity index (χ2n) is 5.62. The van der Waals surface area contributed by atoms with Crippen LogP contribution in [-0.2, 0) is 11.2 Å². The van der Waals surface area contributed by atoms with E-state index in [1.807, 2.05) is 30.3 Å². The van der Waals surface area contributed by atoms with Crippen molar-refractivity contribution in [3.63, 3.8) is 0 Å². The van der Waals surface area contributed by atoms with Gasteiger partial charge in [-0.25, -0.2) is 0 Å². The lowest BCUT2D eigenvalue weighted by molar-refractivity contribution is -0.114. The number of amides is 1. The molecule has 0 bridgehead atoms. The minimum atomic E-state index is -0.0588. The van der Waals surface area contributed by atoms with Crippen LogP contribution in [0.1, 0.15) is 19.4 Å². The second-order valence-corrected chi connectivity index (χ2v) is 5.62. The fourth-order valence-electron chi connectivity index (χ4n) is 2.93. The molecule has 0 fully saturated rings. The van der Waals surface area contributed by atoms with Crippen LogP contribution in [0.4, 0.5) is 5.69 Å². The average Bonchev–Trinajstić information content (AvgIpc) is 2.60. The van der Waals surface area contributed by atoms with Gasteiger partial charge in [0.2, 0.25) is 5.91 Å². The van der Waals surface area contributed by atoms with Crippen LogP contribution in [0.2, 0.25) is 0 Å². The maximum absolute atomic E-state index is 11.3. The van der Waals surface area contributed by atoms with Crippen molar-refractivity contribution in [1.29, 1.82) is 0 Å². The molecule has 1 N–H and O–H groups in total. The minimum Gasteiger partial charge on any atom is -0.494 e. The lowest BCUT2D eigenvalue weighted by Crippen LogP contribution is -2.07. The summed E-state index contributed by atoms with van der Waals surface area (Å²) in [5, 5.41) is 3.93. The van der Waals surface area contributed by atoms with Crippen molar-refractivity contribution in [2.45, 2.75) is 20.3 Å². The number of nitrogens with zero attached hydrogens (tertiary/aromatic N) is 1.